The van der Waals surface area contributed by atoms with Crippen LogP contribution in [0.3, 0.4) is 0 Å². The molecule has 0 saturated heterocycles. The average Bonchev–Trinajstić information content (AvgIpc) is 2.51. The molecule has 3 heteroatoms. The third-order valence-electron chi connectivity index (χ3n) is 3.02. The van der Waals surface area contributed by atoms with E-state index in [9.17, 15) is 4.79 Å². The van der Waals surface area contributed by atoms with E-state index in [0.717, 1.165) is 24.0 Å². The van der Waals surface area contributed by atoms with E-state index < -0.39 is 0 Å². The molecule has 0 radical (unpaired) electrons. The second-order valence-corrected chi connectivity index (χ2v) is 4.90. The van der Waals surface area contributed by atoms with Crippen LogP contribution in [-0.2, 0) is 9.53 Å². The minimum absolute atomic E-state index is 0.337. The number of benzene rings is 1. The predicted octanol–water partition coefficient (Wildman–Crippen LogP) is 5.20. The number of carbonyl (C=O) groups excluding carboxylic acids is 1. The zero-order chi connectivity index (χ0) is 15.7. The molecule has 0 atom stereocenters. The highest BCUT2D eigenvalue weighted by Crippen LogP contribution is 2.27. The summed E-state index contributed by atoms with van der Waals surface area (Å²) in [6.07, 6.45) is 5.82. The van der Waals surface area contributed by atoms with Crippen molar-refractivity contribution in [3.8, 4) is 0 Å². The molecule has 0 fully saturated rings. The van der Waals surface area contributed by atoms with Crippen LogP contribution in [0, 0.1) is 0 Å². The summed E-state index contributed by atoms with van der Waals surface area (Å²) in [5.74, 6) is -0.348. The second-order valence-electron chi connectivity index (χ2n) is 4.52. The Kier molecular flexibility index (Phi) is 7.55. The quantitative estimate of drug-likeness (QED) is 0.285. The Morgan fingerprint density at radius 2 is 1.95 bits per heavy atom. The van der Waals surface area contributed by atoms with E-state index in [1.807, 2.05) is 30.3 Å². The third-order valence-corrected chi connectivity index (χ3v) is 3.47. The van der Waals surface area contributed by atoms with Crippen LogP contribution in [0.5, 0.6) is 0 Å². The number of hydrogen-bond donors (Lipinski definition) is 0. The fourth-order valence-corrected chi connectivity index (χ4v) is 2.18. The van der Waals surface area contributed by atoms with Crippen molar-refractivity contribution in [3.05, 3.63) is 60.2 Å². The van der Waals surface area contributed by atoms with Crippen LogP contribution >= 0.6 is 11.6 Å². The molecule has 0 aliphatic rings. The summed E-state index contributed by atoms with van der Waals surface area (Å²) < 4.78 is 5.10. The number of ether oxygens (including phenoxy) is 1. The first kappa shape index (κ1) is 17.3. The summed E-state index contributed by atoms with van der Waals surface area (Å²) in [7, 11) is 0. The zero-order valence-electron chi connectivity index (χ0n) is 12.4. The number of unbranched alkanes of at least 4 members (excludes halogenated alkanes) is 1. The molecule has 0 N–H and O–H groups in total. The molecule has 1 aromatic rings. The van der Waals surface area contributed by atoms with Crippen molar-refractivity contribution in [2.45, 2.75) is 26.2 Å². The van der Waals surface area contributed by atoms with Gasteiger partial charge in [0.15, 0.2) is 0 Å². The van der Waals surface area contributed by atoms with Crippen molar-refractivity contribution in [3.63, 3.8) is 0 Å². The van der Waals surface area contributed by atoms with Gasteiger partial charge in [-0.1, -0.05) is 54.6 Å². The Labute approximate surface area is 131 Å². The van der Waals surface area contributed by atoms with E-state index in [1.54, 1.807) is 13.0 Å². The fraction of sp³-hybridized carbons (Fsp3) is 0.278. The van der Waals surface area contributed by atoms with Gasteiger partial charge in [-0.15, -0.1) is 6.58 Å². The van der Waals surface area contributed by atoms with Gasteiger partial charge in [0.2, 0.25) is 0 Å². The molecule has 0 unspecified atom stereocenters. The van der Waals surface area contributed by atoms with E-state index >= 15 is 0 Å². The third kappa shape index (κ3) is 5.24. The van der Waals surface area contributed by atoms with Gasteiger partial charge < -0.3 is 4.74 Å². The summed E-state index contributed by atoms with van der Waals surface area (Å²) >= 11 is 6.40. The minimum Gasteiger partial charge on any atom is -0.463 e. The molecule has 0 spiro atoms. The highest BCUT2D eigenvalue weighted by molar-refractivity contribution is 6.50. The topological polar surface area (TPSA) is 26.3 Å². The molecule has 0 aliphatic carbocycles. The van der Waals surface area contributed by atoms with E-state index in [4.69, 9.17) is 16.3 Å². The number of carbonyl (C=O) groups is 1. The van der Waals surface area contributed by atoms with Crippen LogP contribution in [0.2, 0.25) is 0 Å². The lowest BCUT2D eigenvalue weighted by Crippen LogP contribution is -2.09. The minimum atomic E-state index is -0.348. The van der Waals surface area contributed by atoms with Gasteiger partial charge in [0.25, 0.3) is 0 Å². The van der Waals surface area contributed by atoms with Gasteiger partial charge in [-0.25, -0.2) is 4.79 Å². The first-order chi connectivity index (χ1) is 10.1. The first-order valence-corrected chi connectivity index (χ1v) is 7.41. The lowest BCUT2D eigenvalue weighted by Gasteiger charge is -2.10. The van der Waals surface area contributed by atoms with E-state index in [1.165, 1.54) is 0 Å². The zero-order valence-corrected chi connectivity index (χ0v) is 13.2. The van der Waals surface area contributed by atoms with Crippen LogP contribution in [0.25, 0.3) is 11.1 Å². The normalized spacial score (nSPS) is 11.5. The van der Waals surface area contributed by atoms with Gasteiger partial charge in [0.05, 0.1) is 17.2 Å². The monoisotopic (exact) mass is 304 g/mol. The Hall–Kier alpha value is -1.80. The van der Waals surface area contributed by atoms with Gasteiger partial charge in [-0.2, -0.15) is 0 Å². The molecule has 21 heavy (non-hydrogen) atoms. The van der Waals surface area contributed by atoms with E-state index in [-0.39, 0.29) is 5.97 Å². The highest BCUT2D eigenvalue weighted by atomic mass is 35.5. The highest BCUT2D eigenvalue weighted by Gasteiger charge is 2.16. The van der Waals surface area contributed by atoms with Crippen molar-refractivity contribution < 1.29 is 9.53 Å². The summed E-state index contributed by atoms with van der Waals surface area (Å²) in [5.41, 5.74) is 2.34. The number of allylic oxidation sites excluding steroid dienone is 1. The molecule has 0 amide bonds. The number of halogens is 1. The average molecular weight is 305 g/mol. The van der Waals surface area contributed by atoms with Crippen molar-refractivity contribution in [1.82, 2.24) is 0 Å². The molecule has 2 nitrogen and oxygen atoms in total. The van der Waals surface area contributed by atoms with Gasteiger partial charge in [-0.3, -0.25) is 0 Å². The Balaban J connectivity index is 3.06. The van der Waals surface area contributed by atoms with Crippen molar-refractivity contribution >= 4 is 28.7 Å². The summed E-state index contributed by atoms with van der Waals surface area (Å²) in [4.78, 5) is 12.1. The molecular weight excluding hydrogens is 284 g/mol. The molecule has 0 aliphatic heterocycles. The molecule has 0 bridgehead atoms. The smallest absolute Gasteiger partial charge is 0.335 e. The number of rotatable bonds is 8. The van der Waals surface area contributed by atoms with Gasteiger partial charge >= 0.3 is 5.97 Å². The molecule has 1 aromatic carbocycles. The number of esters is 1. The molecule has 0 saturated carbocycles. The summed E-state index contributed by atoms with van der Waals surface area (Å²) in [6, 6.07) is 7.59. The molecule has 0 heterocycles. The summed E-state index contributed by atoms with van der Waals surface area (Å²) in [6.45, 7) is 9.52. The van der Waals surface area contributed by atoms with E-state index in [0.29, 0.717) is 23.6 Å². The lowest BCUT2D eigenvalue weighted by atomic mass is 10.0. The Bertz CT molecular complexity index is 527. The molecule has 112 valence electrons. The second kappa shape index (κ2) is 9.19. The van der Waals surface area contributed by atoms with Crippen LogP contribution in [-0.4, -0.2) is 12.6 Å². The first-order valence-electron chi connectivity index (χ1n) is 7.03. The maximum atomic E-state index is 12.1. The standard InChI is InChI=1S/C18H21ClO2/c1-4-7-8-9-16(18(20)21-6-3)17(19)15-12-10-14(5-2)11-13-15/h4-5,10-13H,1-2,6-9H2,3H3/b17-16-. The van der Waals surface area contributed by atoms with Crippen LogP contribution in [0.1, 0.15) is 37.3 Å². The Morgan fingerprint density at radius 3 is 2.48 bits per heavy atom. The van der Waals surface area contributed by atoms with Gasteiger partial charge in [0.1, 0.15) is 0 Å². The molecule has 0 aromatic heterocycles. The largest absolute Gasteiger partial charge is 0.463 e. The van der Waals surface area contributed by atoms with Crippen LogP contribution in [0.4, 0.5) is 0 Å². The fourth-order valence-electron chi connectivity index (χ4n) is 1.88. The maximum absolute atomic E-state index is 12.1. The van der Waals surface area contributed by atoms with Gasteiger partial charge in [0, 0.05) is 0 Å². The molecular formula is C18H21ClO2. The SMILES string of the molecule is C=CCCC/C(C(=O)OCC)=C(/Cl)c1ccc(C=C)cc1. The Morgan fingerprint density at radius 1 is 1.29 bits per heavy atom. The predicted molar refractivity (Wildman–Crippen MR) is 90.0 cm³/mol. The van der Waals surface area contributed by atoms with Crippen molar-refractivity contribution in [2.24, 2.45) is 0 Å². The van der Waals surface area contributed by atoms with Crippen LogP contribution in [0.15, 0.2) is 49.1 Å². The maximum Gasteiger partial charge on any atom is 0.335 e. The lowest BCUT2D eigenvalue weighted by molar-refractivity contribution is -0.138. The van der Waals surface area contributed by atoms with Gasteiger partial charge in [-0.05, 0) is 37.3 Å². The van der Waals surface area contributed by atoms with Crippen LogP contribution < -0.4 is 0 Å². The van der Waals surface area contributed by atoms with Crippen molar-refractivity contribution in [1.29, 1.82) is 0 Å². The van der Waals surface area contributed by atoms with Crippen molar-refractivity contribution in [2.75, 3.05) is 6.61 Å². The number of hydrogen-bond acceptors (Lipinski definition) is 2. The summed E-state index contributed by atoms with van der Waals surface area (Å²) in [5, 5.41) is 0.452. The van der Waals surface area contributed by atoms with E-state index in [2.05, 4.69) is 13.2 Å². The molecule has 1 rings (SSSR count).